The average Bonchev–Trinajstić information content (AvgIpc) is 3.68. The molecule has 1 aliphatic heterocycles. The zero-order valence-corrected chi connectivity index (χ0v) is 19.3. The molecular weight excluding hydrogens is 428 g/mol. The minimum atomic E-state index is -0.440. The van der Waals surface area contributed by atoms with E-state index in [0.29, 0.717) is 30.4 Å². The number of carbonyl (C=O) groups excluding carboxylic acids is 1. The first-order chi connectivity index (χ1) is 16.4. The molecule has 3 fully saturated rings. The summed E-state index contributed by atoms with van der Waals surface area (Å²) in [5.74, 6) is 0.854. The van der Waals surface area contributed by atoms with Crippen LogP contribution in [0, 0.1) is 5.92 Å². The van der Waals surface area contributed by atoms with E-state index in [9.17, 15) is 4.79 Å². The Morgan fingerprint density at radius 1 is 1.12 bits per heavy atom. The zero-order valence-electron chi connectivity index (χ0n) is 19.3. The third kappa shape index (κ3) is 3.28. The number of carbonyl (C=O) groups is 1. The van der Waals surface area contributed by atoms with Gasteiger partial charge in [-0.2, -0.15) is 0 Å². The van der Waals surface area contributed by atoms with Crippen LogP contribution in [0.15, 0.2) is 30.6 Å². The molecular formula is C27H28N4O3. The summed E-state index contributed by atoms with van der Waals surface area (Å²) >= 11 is 0. The van der Waals surface area contributed by atoms with Gasteiger partial charge in [0.25, 0.3) is 0 Å². The summed E-state index contributed by atoms with van der Waals surface area (Å²) in [4.78, 5) is 26.6. The second-order valence-electron chi connectivity index (χ2n) is 10.8. The summed E-state index contributed by atoms with van der Waals surface area (Å²) in [5.41, 5.74) is 10.7. The number of nitrogens with zero attached hydrogens (tertiary/aromatic N) is 3. The van der Waals surface area contributed by atoms with E-state index in [2.05, 4.69) is 18.0 Å². The Labute approximate surface area is 198 Å². The summed E-state index contributed by atoms with van der Waals surface area (Å²) < 4.78 is 11.5. The lowest BCUT2D eigenvalue weighted by atomic mass is 9.86. The smallest absolute Gasteiger partial charge is 0.340 e. The molecule has 0 radical (unpaired) electrons. The zero-order chi connectivity index (χ0) is 23.1. The monoisotopic (exact) mass is 456 g/mol. The Morgan fingerprint density at radius 3 is 2.68 bits per heavy atom. The van der Waals surface area contributed by atoms with Gasteiger partial charge in [-0.1, -0.05) is 0 Å². The SMILES string of the molecule is C[C@](N)(c1cnc(OC2CC2)c2cnc(Cc3ccc4c(n3)C3(CC3)COC4=O)cc12)C1CC1. The van der Waals surface area contributed by atoms with Crippen molar-refractivity contribution in [2.45, 2.75) is 68.9 Å². The molecule has 4 heterocycles. The van der Waals surface area contributed by atoms with Crippen LogP contribution in [0.1, 0.15) is 78.5 Å². The van der Waals surface area contributed by atoms with Crippen molar-refractivity contribution in [3.8, 4) is 5.88 Å². The molecule has 1 spiro atoms. The molecule has 2 N–H and O–H groups in total. The van der Waals surface area contributed by atoms with Crippen molar-refractivity contribution in [3.05, 3.63) is 58.8 Å². The first kappa shape index (κ1) is 20.3. The van der Waals surface area contributed by atoms with Gasteiger partial charge < -0.3 is 15.2 Å². The Morgan fingerprint density at radius 2 is 1.94 bits per heavy atom. The summed E-state index contributed by atoms with van der Waals surface area (Å²) in [6.07, 6.45) is 11.1. The van der Waals surface area contributed by atoms with E-state index in [-0.39, 0.29) is 17.5 Å². The van der Waals surface area contributed by atoms with Gasteiger partial charge in [0.1, 0.15) is 12.7 Å². The Hall–Kier alpha value is -3.06. The van der Waals surface area contributed by atoms with Crippen LogP contribution in [0.3, 0.4) is 0 Å². The Kier molecular flexibility index (Phi) is 4.17. The van der Waals surface area contributed by atoms with Gasteiger partial charge in [0.2, 0.25) is 5.88 Å². The largest absolute Gasteiger partial charge is 0.474 e. The minimum absolute atomic E-state index is 0.0738. The number of aromatic nitrogens is 3. The number of nitrogens with two attached hydrogens (primary N) is 1. The molecule has 0 aromatic carbocycles. The van der Waals surface area contributed by atoms with Gasteiger partial charge in [0.15, 0.2) is 0 Å². The Balaban J connectivity index is 1.28. The van der Waals surface area contributed by atoms with Crippen molar-refractivity contribution in [1.29, 1.82) is 0 Å². The maximum atomic E-state index is 12.2. The first-order valence-corrected chi connectivity index (χ1v) is 12.3. The third-order valence-corrected chi connectivity index (χ3v) is 7.97. The lowest BCUT2D eigenvalue weighted by Gasteiger charge is -2.27. The van der Waals surface area contributed by atoms with Gasteiger partial charge in [-0.25, -0.2) is 9.78 Å². The summed E-state index contributed by atoms with van der Waals surface area (Å²) in [7, 11) is 0. The van der Waals surface area contributed by atoms with E-state index in [1.807, 2.05) is 24.5 Å². The van der Waals surface area contributed by atoms with Crippen molar-refractivity contribution < 1.29 is 14.3 Å². The molecule has 4 aliphatic rings. The number of esters is 1. The van der Waals surface area contributed by atoms with Crippen molar-refractivity contribution in [3.63, 3.8) is 0 Å². The van der Waals surface area contributed by atoms with Gasteiger partial charge in [-0.3, -0.25) is 9.97 Å². The van der Waals surface area contributed by atoms with Gasteiger partial charge in [-0.05, 0) is 80.5 Å². The number of cyclic esters (lactones) is 1. The summed E-state index contributed by atoms with van der Waals surface area (Å²) in [6.45, 7) is 2.56. The average molecular weight is 457 g/mol. The molecule has 3 aromatic rings. The molecule has 174 valence electrons. The molecule has 7 heteroatoms. The molecule has 3 saturated carbocycles. The van der Waals surface area contributed by atoms with Crippen LogP contribution in [0.2, 0.25) is 0 Å². The van der Waals surface area contributed by atoms with Gasteiger partial charge >= 0.3 is 5.97 Å². The number of hydrogen-bond donors (Lipinski definition) is 1. The molecule has 7 nitrogen and oxygen atoms in total. The van der Waals surface area contributed by atoms with Crippen LogP contribution in [0.25, 0.3) is 10.8 Å². The second kappa shape index (κ2) is 6.98. The number of pyridine rings is 3. The van der Waals surface area contributed by atoms with Crippen LogP contribution in [-0.2, 0) is 22.1 Å². The maximum Gasteiger partial charge on any atom is 0.340 e. The predicted molar refractivity (Wildman–Crippen MR) is 126 cm³/mol. The van der Waals surface area contributed by atoms with E-state index in [0.717, 1.165) is 71.9 Å². The molecule has 1 atom stereocenters. The fourth-order valence-corrected chi connectivity index (χ4v) is 5.26. The molecule has 0 unspecified atom stereocenters. The van der Waals surface area contributed by atoms with E-state index >= 15 is 0 Å². The van der Waals surface area contributed by atoms with E-state index < -0.39 is 5.54 Å². The van der Waals surface area contributed by atoms with Crippen LogP contribution >= 0.6 is 0 Å². The number of hydrogen-bond acceptors (Lipinski definition) is 7. The van der Waals surface area contributed by atoms with Gasteiger partial charge in [-0.15, -0.1) is 0 Å². The highest BCUT2D eigenvalue weighted by Crippen LogP contribution is 2.51. The van der Waals surface area contributed by atoms with E-state index in [1.165, 1.54) is 0 Å². The molecule has 0 saturated heterocycles. The quantitative estimate of drug-likeness (QED) is 0.561. The Bertz CT molecular complexity index is 1340. The van der Waals surface area contributed by atoms with E-state index in [1.54, 1.807) is 0 Å². The fraction of sp³-hybridized carbons (Fsp3) is 0.481. The lowest BCUT2D eigenvalue weighted by molar-refractivity contribution is 0.0418. The molecule has 34 heavy (non-hydrogen) atoms. The van der Waals surface area contributed by atoms with Crippen molar-refractivity contribution >= 4 is 16.7 Å². The maximum absolute atomic E-state index is 12.2. The second-order valence-corrected chi connectivity index (χ2v) is 10.8. The summed E-state index contributed by atoms with van der Waals surface area (Å²) in [6, 6.07) is 5.91. The predicted octanol–water partition coefficient (Wildman–Crippen LogP) is 3.94. The number of ether oxygens (including phenoxy) is 2. The highest BCUT2D eigenvalue weighted by Gasteiger charge is 2.51. The van der Waals surface area contributed by atoms with Crippen LogP contribution in [0.4, 0.5) is 0 Å². The first-order valence-electron chi connectivity index (χ1n) is 12.3. The van der Waals surface area contributed by atoms with Crippen molar-refractivity contribution in [2.75, 3.05) is 6.61 Å². The molecule has 0 amide bonds. The molecule has 0 bridgehead atoms. The van der Waals surface area contributed by atoms with Crippen LogP contribution in [0.5, 0.6) is 5.88 Å². The highest BCUT2D eigenvalue weighted by molar-refractivity contribution is 5.92. The number of fused-ring (bicyclic) bond motifs is 3. The van der Waals surface area contributed by atoms with Gasteiger partial charge in [0, 0.05) is 41.2 Å². The fourth-order valence-electron chi connectivity index (χ4n) is 5.26. The van der Waals surface area contributed by atoms with Crippen molar-refractivity contribution in [1.82, 2.24) is 15.0 Å². The third-order valence-electron chi connectivity index (χ3n) is 7.97. The minimum Gasteiger partial charge on any atom is -0.474 e. The normalized spacial score (nSPS) is 22.2. The topological polar surface area (TPSA) is 100 Å². The standard InChI is InChI=1S/C27H28N4O3/c1-26(28,15-2-3-15)22-13-30-24(34-18-5-6-18)21-12-29-17(11-20(21)22)10-16-4-7-19-23(31-16)27(8-9-27)14-33-25(19)32/h4,7,11-13,15,18H,2-3,5-6,8-10,14,28H2,1H3/t26-/m1/s1. The number of rotatable bonds is 6. The summed E-state index contributed by atoms with van der Waals surface area (Å²) in [5, 5.41) is 1.98. The van der Waals surface area contributed by atoms with E-state index in [4.69, 9.17) is 25.2 Å². The van der Waals surface area contributed by atoms with Crippen LogP contribution in [-0.4, -0.2) is 33.6 Å². The lowest BCUT2D eigenvalue weighted by Crippen LogP contribution is -2.35. The molecule has 3 aliphatic carbocycles. The highest BCUT2D eigenvalue weighted by atomic mass is 16.5. The van der Waals surface area contributed by atoms with Crippen molar-refractivity contribution in [2.24, 2.45) is 11.7 Å². The molecule has 3 aromatic heterocycles. The van der Waals surface area contributed by atoms with Crippen LogP contribution < -0.4 is 10.5 Å². The van der Waals surface area contributed by atoms with Gasteiger partial charge in [0.05, 0.1) is 16.6 Å². The molecule has 7 rings (SSSR count).